The van der Waals surface area contributed by atoms with Gasteiger partial charge in [0.25, 0.3) is 0 Å². The van der Waals surface area contributed by atoms with Gasteiger partial charge in [-0.25, -0.2) is 8.42 Å². The summed E-state index contributed by atoms with van der Waals surface area (Å²) < 4.78 is 24.1. The van der Waals surface area contributed by atoms with Crippen molar-refractivity contribution in [3.63, 3.8) is 0 Å². The molecule has 1 aliphatic rings. The first kappa shape index (κ1) is 16.4. The maximum atomic E-state index is 12.2. The standard InChI is InChI=1S/C15H21NO3S2/c1-11(2)21(18,19)14-6-4-13(5-7-14)10-15(17)16-8-9-20-12(16)3/h4-7,11-12H,8-10H2,1-3H3. The summed E-state index contributed by atoms with van der Waals surface area (Å²) >= 11 is 1.78. The van der Waals surface area contributed by atoms with Crippen molar-refractivity contribution in [3.05, 3.63) is 29.8 Å². The van der Waals surface area contributed by atoms with Gasteiger partial charge in [-0.2, -0.15) is 0 Å². The molecular formula is C15H21NO3S2. The van der Waals surface area contributed by atoms with Crippen LogP contribution in [0, 0.1) is 0 Å². The summed E-state index contributed by atoms with van der Waals surface area (Å²) in [5, 5.41) is -0.203. The number of benzene rings is 1. The maximum Gasteiger partial charge on any atom is 0.227 e. The summed E-state index contributed by atoms with van der Waals surface area (Å²) in [5.74, 6) is 1.09. The highest BCUT2D eigenvalue weighted by molar-refractivity contribution is 8.00. The van der Waals surface area contributed by atoms with Crippen molar-refractivity contribution in [2.75, 3.05) is 12.3 Å². The van der Waals surface area contributed by atoms with Gasteiger partial charge in [0.2, 0.25) is 5.91 Å². The van der Waals surface area contributed by atoms with Crippen molar-refractivity contribution in [2.24, 2.45) is 0 Å². The van der Waals surface area contributed by atoms with Crippen molar-refractivity contribution in [2.45, 2.75) is 42.7 Å². The van der Waals surface area contributed by atoms with Crippen LogP contribution in [-0.4, -0.2) is 42.1 Å². The van der Waals surface area contributed by atoms with E-state index in [1.54, 1.807) is 49.9 Å². The third-order valence-electron chi connectivity index (χ3n) is 3.68. The third kappa shape index (κ3) is 3.61. The van der Waals surface area contributed by atoms with Gasteiger partial charge in [0, 0.05) is 12.3 Å². The zero-order valence-electron chi connectivity index (χ0n) is 12.6. The highest BCUT2D eigenvalue weighted by Gasteiger charge is 2.25. The number of amides is 1. The second-order valence-electron chi connectivity index (χ2n) is 5.47. The molecule has 1 fully saturated rings. The lowest BCUT2D eigenvalue weighted by molar-refractivity contribution is -0.130. The lowest BCUT2D eigenvalue weighted by Gasteiger charge is -2.20. The molecule has 0 aliphatic carbocycles. The first-order valence-electron chi connectivity index (χ1n) is 7.06. The van der Waals surface area contributed by atoms with Gasteiger partial charge in [0.1, 0.15) is 0 Å². The van der Waals surface area contributed by atoms with E-state index in [4.69, 9.17) is 0 Å². The SMILES string of the molecule is CC1SCCN1C(=O)Cc1ccc(S(=O)(=O)C(C)C)cc1. The summed E-state index contributed by atoms with van der Waals surface area (Å²) in [7, 11) is -3.25. The van der Waals surface area contributed by atoms with E-state index in [0.717, 1.165) is 17.9 Å². The average Bonchev–Trinajstić information content (AvgIpc) is 2.85. The Balaban J connectivity index is 2.08. The Morgan fingerprint density at radius 3 is 2.43 bits per heavy atom. The Morgan fingerprint density at radius 2 is 1.95 bits per heavy atom. The van der Waals surface area contributed by atoms with Gasteiger partial charge in [-0.05, 0) is 38.5 Å². The van der Waals surface area contributed by atoms with Crippen LogP contribution in [-0.2, 0) is 21.1 Å². The van der Waals surface area contributed by atoms with Crippen LogP contribution in [0.1, 0.15) is 26.3 Å². The number of hydrogen-bond donors (Lipinski definition) is 0. The van der Waals surface area contributed by atoms with E-state index in [9.17, 15) is 13.2 Å². The van der Waals surface area contributed by atoms with E-state index in [-0.39, 0.29) is 11.3 Å². The predicted octanol–water partition coefficient (Wildman–Crippen LogP) is 2.33. The topological polar surface area (TPSA) is 54.5 Å². The number of carbonyl (C=O) groups excluding carboxylic acids is 1. The molecule has 4 nitrogen and oxygen atoms in total. The molecule has 0 aromatic heterocycles. The van der Waals surface area contributed by atoms with Crippen molar-refractivity contribution in [1.82, 2.24) is 4.90 Å². The van der Waals surface area contributed by atoms with Gasteiger partial charge >= 0.3 is 0 Å². The number of nitrogens with zero attached hydrogens (tertiary/aromatic N) is 1. The second kappa shape index (κ2) is 6.40. The molecule has 21 heavy (non-hydrogen) atoms. The molecule has 1 unspecified atom stereocenters. The van der Waals surface area contributed by atoms with E-state index >= 15 is 0 Å². The van der Waals surface area contributed by atoms with Crippen LogP contribution < -0.4 is 0 Å². The highest BCUT2D eigenvalue weighted by Crippen LogP contribution is 2.24. The zero-order valence-corrected chi connectivity index (χ0v) is 14.2. The molecule has 0 N–H and O–H groups in total. The molecule has 1 atom stereocenters. The Morgan fingerprint density at radius 1 is 1.33 bits per heavy atom. The van der Waals surface area contributed by atoms with Gasteiger partial charge < -0.3 is 4.90 Å². The predicted molar refractivity (Wildman–Crippen MR) is 86.1 cm³/mol. The summed E-state index contributed by atoms with van der Waals surface area (Å²) in [6.45, 7) is 6.16. The minimum Gasteiger partial charge on any atom is -0.330 e. The molecule has 1 aromatic rings. The lowest BCUT2D eigenvalue weighted by atomic mass is 10.1. The molecule has 1 aromatic carbocycles. The normalized spacial score (nSPS) is 19.2. The van der Waals surface area contributed by atoms with Gasteiger partial charge in [-0.1, -0.05) is 12.1 Å². The second-order valence-corrected chi connectivity index (χ2v) is 9.40. The number of sulfone groups is 1. The molecule has 1 aliphatic heterocycles. The molecule has 0 spiro atoms. The van der Waals surface area contributed by atoms with Crippen molar-refractivity contribution in [3.8, 4) is 0 Å². The van der Waals surface area contributed by atoms with E-state index in [1.165, 1.54) is 0 Å². The van der Waals surface area contributed by atoms with Gasteiger partial charge in [-0.3, -0.25) is 4.79 Å². The van der Waals surface area contributed by atoms with Crippen LogP contribution >= 0.6 is 11.8 Å². The first-order chi connectivity index (χ1) is 9.82. The molecule has 0 bridgehead atoms. The van der Waals surface area contributed by atoms with Crippen LogP contribution in [0.5, 0.6) is 0 Å². The number of carbonyl (C=O) groups is 1. The van der Waals surface area contributed by atoms with E-state index in [1.807, 2.05) is 11.8 Å². The molecule has 1 heterocycles. The average molecular weight is 327 g/mol. The molecule has 2 rings (SSSR count). The van der Waals surface area contributed by atoms with Crippen LogP contribution in [0.15, 0.2) is 29.2 Å². The number of hydrogen-bond acceptors (Lipinski definition) is 4. The third-order valence-corrected chi connectivity index (χ3v) is 7.00. The Kier molecular flexibility index (Phi) is 4.99. The molecule has 1 amide bonds. The minimum atomic E-state index is -3.25. The highest BCUT2D eigenvalue weighted by atomic mass is 32.2. The maximum absolute atomic E-state index is 12.2. The Bertz CT molecular complexity index is 608. The minimum absolute atomic E-state index is 0.104. The van der Waals surface area contributed by atoms with Crippen molar-refractivity contribution >= 4 is 27.5 Å². The van der Waals surface area contributed by atoms with Crippen LogP contribution in [0.2, 0.25) is 0 Å². The monoisotopic (exact) mass is 327 g/mol. The molecule has 6 heteroatoms. The van der Waals surface area contributed by atoms with Gasteiger partial charge in [-0.15, -0.1) is 11.8 Å². The largest absolute Gasteiger partial charge is 0.330 e. The zero-order chi connectivity index (χ0) is 15.6. The number of thioether (sulfide) groups is 1. The fourth-order valence-corrected chi connectivity index (χ4v) is 4.37. The number of rotatable bonds is 4. The summed E-state index contributed by atoms with van der Waals surface area (Å²) in [6.07, 6.45) is 0.326. The van der Waals surface area contributed by atoms with Gasteiger partial charge in [0.15, 0.2) is 9.84 Å². The molecule has 116 valence electrons. The summed E-state index contributed by atoms with van der Waals surface area (Å²) in [6, 6.07) is 6.67. The van der Waals surface area contributed by atoms with E-state index in [2.05, 4.69) is 0 Å². The Hall–Kier alpha value is -1.01. The lowest BCUT2D eigenvalue weighted by Crippen LogP contribution is -2.34. The Labute approximate surface area is 130 Å². The first-order valence-corrected chi connectivity index (χ1v) is 9.66. The quantitative estimate of drug-likeness (QED) is 0.852. The van der Waals surface area contributed by atoms with Crippen LogP contribution in [0.4, 0.5) is 0 Å². The fourth-order valence-electron chi connectivity index (χ4n) is 2.27. The van der Waals surface area contributed by atoms with E-state index in [0.29, 0.717) is 11.3 Å². The smallest absolute Gasteiger partial charge is 0.227 e. The summed E-state index contributed by atoms with van der Waals surface area (Å²) in [4.78, 5) is 14.4. The van der Waals surface area contributed by atoms with Gasteiger partial charge in [0.05, 0.1) is 21.9 Å². The van der Waals surface area contributed by atoms with E-state index < -0.39 is 15.1 Å². The van der Waals surface area contributed by atoms with Crippen LogP contribution in [0.25, 0.3) is 0 Å². The molecule has 0 radical (unpaired) electrons. The van der Waals surface area contributed by atoms with Crippen molar-refractivity contribution < 1.29 is 13.2 Å². The molecule has 1 saturated heterocycles. The molecule has 0 saturated carbocycles. The molecular weight excluding hydrogens is 306 g/mol. The summed E-state index contributed by atoms with van der Waals surface area (Å²) in [5.41, 5.74) is 0.854. The fraction of sp³-hybridized carbons (Fsp3) is 0.533. The van der Waals surface area contributed by atoms with Crippen molar-refractivity contribution in [1.29, 1.82) is 0 Å². The van der Waals surface area contributed by atoms with Crippen LogP contribution in [0.3, 0.4) is 0 Å².